The van der Waals surface area contributed by atoms with Gasteiger partial charge in [-0.15, -0.1) is 0 Å². The number of benzene rings is 1. The summed E-state index contributed by atoms with van der Waals surface area (Å²) in [7, 11) is 1.87. The van der Waals surface area contributed by atoms with Crippen molar-refractivity contribution in [3.63, 3.8) is 0 Å². The summed E-state index contributed by atoms with van der Waals surface area (Å²) in [4.78, 5) is 25.9. The molecule has 2 aromatic rings. The van der Waals surface area contributed by atoms with Crippen molar-refractivity contribution in [2.45, 2.75) is 58.8 Å². The Morgan fingerprint density at radius 2 is 1.90 bits per heavy atom. The lowest BCUT2D eigenvalue weighted by Crippen LogP contribution is -2.18. The van der Waals surface area contributed by atoms with Gasteiger partial charge in [-0.2, -0.15) is 5.10 Å². The second-order valence-electron chi connectivity index (χ2n) is 8.41. The number of ketones is 2. The van der Waals surface area contributed by atoms with Crippen LogP contribution < -0.4 is 0 Å². The van der Waals surface area contributed by atoms with E-state index in [-0.39, 0.29) is 11.6 Å². The van der Waals surface area contributed by atoms with Gasteiger partial charge >= 0.3 is 0 Å². The summed E-state index contributed by atoms with van der Waals surface area (Å²) in [5.74, 6) is 0.224. The van der Waals surface area contributed by atoms with Crippen molar-refractivity contribution >= 4 is 23.2 Å². The third kappa shape index (κ3) is 3.81. The number of fused-ring (bicyclic) bond motifs is 1. The Balaban J connectivity index is 1.62. The van der Waals surface area contributed by atoms with E-state index in [1.165, 1.54) is 23.1 Å². The normalized spacial score (nSPS) is 16.9. The van der Waals surface area contributed by atoms with Gasteiger partial charge < -0.3 is 0 Å². The maximum atomic E-state index is 13.2. The van der Waals surface area contributed by atoms with Crippen LogP contribution in [0.2, 0.25) is 5.02 Å². The Morgan fingerprint density at radius 1 is 1.17 bits per heavy atom. The number of allylic oxidation sites excluding steroid dienone is 4. The average Bonchev–Trinajstić information content (AvgIpc) is 3.14. The van der Waals surface area contributed by atoms with Crippen LogP contribution in [0.5, 0.6) is 0 Å². The molecule has 2 aliphatic carbocycles. The van der Waals surface area contributed by atoms with E-state index in [0.717, 1.165) is 41.7 Å². The van der Waals surface area contributed by atoms with Gasteiger partial charge in [0.2, 0.25) is 0 Å². The Hall–Kier alpha value is -2.46. The molecule has 0 aliphatic heterocycles. The first kappa shape index (κ1) is 20.8. The number of aryl methyl sites for hydroxylation is 1. The molecule has 0 spiro atoms. The summed E-state index contributed by atoms with van der Waals surface area (Å²) in [5.41, 5.74) is 8.06. The van der Waals surface area contributed by atoms with E-state index >= 15 is 0 Å². The van der Waals surface area contributed by atoms with Crippen LogP contribution in [0, 0.1) is 6.92 Å². The quantitative estimate of drug-likeness (QED) is 0.541. The highest BCUT2D eigenvalue weighted by Crippen LogP contribution is 2.40. The maximum absolute atomic E-state index is 13.2. The Bertz CT molecular complexity index is 1100. The van der Waals surface area contributed by atoms with Crippen LogP contribution in [-0.4, -0.2) is 21.3 Å². The van der Waals surface area contributed by atoms with Crippen LogP contribution in [0.1, 0.15) is 67.8 Å². The molecule has 1 saturated carbocycles. The second kappa shape index (κ2) is 8.35. The molecule has 4 rings (SSSR count). The highest BCUT2D eigenvalue weighted by Gasteiger charge is 2.28. The zero-order valence-electron chi connectivity index (χ0n) is 17.8. The van der Waals surface area contributed by atoms with Crippen LogP contribution in [0.4, 0.5) is 0 Å². The molecule has 2 aliphatic rings. The van der Waals surface area contributed by atoms with E-state index in [0.29, 0.717) is 29.8 Å². The molecule has 0 N–H and O–H groups in total. The van der Waals surface area contributed by atoms with E-state index in [2.05, 4.69) is 12.0 Å². The van der Waals surface area contributed by atoms with Crippen molar-refractivity contribution in [2.75, 3.05) is 0 Å². The minimum Gasteiger partial charge on any atom is -0.294 e. The van der Waals surface area contributed by atoms with Crippen LogP contribution >= 0.6 is 11.6 Å². The number of nitrogens with zero attached hydrogens (tertiary/aromatic N) is 2. The van der Waals surface area contributed by atoms with Gasteiger partial charge in [0.05, 0.1) is 5.69 Å². The zero-order valence-corrected chi connectivity index (χ0v) is 18.6. The number of carbonyl (C=O) groups is 2. The first-order valence-corrected chi connectivity index (χ1v) is 11.0. The van der Waals surface area contributed by atoms with E-state index in [1.54, 1.807) is 16.9 Å². The molecule has 0 amide bonds. The molecule has 1 fully saturated rings. The zero-order chi connectivity index (χ0) is 21.4. The molecule has 0 unspecified atom stereocenters. The number of halogens is 1. The average molecular weight is 423 g/mol. The maximum Gasteiger partial charge on any atom is 0.163 e. The minimum absolute atomic E-state index is 0.0305. The number of Topliss-reactive ketones (excluding diaryl/α,β-unsaturated/α-hetero) is 2. The summed E-state index contributed by atoms with van der Waals surface area (Å²) in [6, 6.07) is 5.54. The molecule has 0 bridgehead atoms. The van der Waals surface area contributed by atoms with Gasteiger partial charge in [0, 0.05) is 42.2 Å². The molecule has 1 heterocycles. The number of aromatic nitrogens is 2. The fourth-order valence-electron chi connectivity index (χ4n) is 4.87. The van der Waals surface area contributed by atoms with Gasteiger partial charge in [-0.25, -0.2) is 0 Å². The van der Waals surface area contributed by atoms with Crippen LogP contribution in [0.3, 0.4) is 0 Å². The molecule has 0 radical (unpaired) electrons. The van der Waals surface area contributed by atoms with Crippen molar-refractivity contribution in [2.24, 2.45) is 7.05 Å². The summed E-state index contributed by atoms with van der Waals surface area (Å²) in [6.45, 7) is 4.03. The highest BCUT2D eigenvalue weighted by atomic mass is 35.5. The summed E-state index contributed by atoms with van der Waals surface area (Å²) in [6.07, 6.45) is 7.41. The monoisotopic (exact) mass is 422 g/mol. The molecular weight excluding hydrogens is 396 g/mol. The van der Waals surface area contributed by atoms with Gasteiger partial charge in [-0.3, -0.25) is 14.3 Å². The van der Waals surface area contributed by atoms with Crippen molar-refractivity contribution < 1.29 is 9.59 Å². The standard InChI is InChI=1S/C25H27ClN2O2/c1-15-12-25(30)20(19-7-5-4-6-18(15)19)8-9-24(29)22-14-17(26)13-21(16(22)2)23-10-11-27-28(23)3/h10-11,13-14H,4-9,12H2,1-3H3. The minimum atomic E-state index is 0.0305. The summed E-state index contributed by atoms with van der Waals surface area (Å²) in [5, 5.41) is 4.76. The lowest BCUT2D eigenvalue weighted by Gasteiger charge is -2.28. The molecular formula is C25H27ClN2O2. The van der Waals surface area contributed by atoms with Gasteiger partial charge in [0.25, 0.3) is 0 Å². The van der Waals surface area contributed by atoms with Gasteiger partial charge in [0.15, 0.2) is 11.6 Å². The number of carbonyl (C=O) groups excluding carboxylic acids is 2. The summed E-state index contributed by atoms with van der Waals surface area (Å²) < 4.78 is 1.78. The largest absolute Gasteiger partial charge is 0.294 e. The molecule has 156 valence electrons. The smallest absolute Gasteiger partial charge is 0.163 e. The van der Waals surface area contributed by atoms with E-state index in [9.17, 15) is 9.59 Å². The number of hydrogen-bond acceptors (Lipinski definition) is 3. The highest BCUT2D eigenvalue weighted by molar-refractivity contribution is 6.31. The van der Waals surface area contributed by atoms with Crippen LogP contribution in [0.25, 0.3) is 11.3 Å². The topological polar surface area (TPSA) is 52.0 Å². The molecule has 1 aromatic carbocycles. The van der Waals surface area contributed by atoms with Crippen LogP contribution in [0.15, 0.2) is 46.7 Å². The van der Waals surface area contributed by atoms with Crippen molar-refractivity contribution in [1.29, 1.82) is 0 Å². The Labute approximate surface area is 182 Å². The SMILES string of the molecule is CC1=C2CCCCC2=C(CCC(=O)c2cc(Cl)cc(-c3ccnn3C)c2C)C(=O)C1. The predicted octanol–water partition coefficient (Wildman–Crippen LogP) is 6.17. The number of hydrogen-bond donors (Lipinski definition) is 0. The molecule has 4 nitrogen and oxygen atoms in total. The molecule has 0 saturated heterocycles. The van der Waals surface area contributed by atoms with Gasteiger partial charge in [-0.05, 0) is 86.4 Å². The summed E-state index contributed by atoms with van der Waals surface area (Å²) >= 11 is 6.36. The molecule has 1 aromatic heterocycles. The third-order valence-corrected chi connectivity index (χ3v) is 6.70. The molecule has 5 heteroatoms. The first-order valence-electron chi connectivity index (χ1n) is 10.6. The van der Waals surface area contributed by atoms with Gasteiger partial charge in [0.1, 0.15) is 0 Å². The number of rotatable bonds is 5. The Kier molecular flexibility index (Phi) is 5.79. The van der Waals surface area contributed by atoms with Crippen molar-refractivity contribution in [3.8, 4) is 11.3 Å². The van der Waals surface area contributed by atoms with Crippen molar-refractivity contribution in [3.05, 3.63) is 62.8 Å². The predicted molar refractivity (Wildman–Crippen MR) is 120 cm³/mol. The molecule has 0 atom stereocenters. The van der Waals surface area contributed by atoms with Crippen LogP contribution in [-0.2, 0) is 11.8 Å². The third-order valence-electron chi connectivity index (χ3n) is 6.48. The van der Waals surface area contributed by atoms with E-state index < -0.39 is 0 Å². The second-order valence-corrected chi connectivity index (χ2v) is 8.85. The van der Waals surface area contributed by atoms with E-state index in [4.69, 9.17) is 11.6 Å². The fourth-order valence-corrected chi connectivity index (χ4v) is 5.09. The molecule has 30 heavy (non-hydrogen) atoms. The lowest BCUT2D eigenvalue weighted by molar-refractivity contribution is -0.115. The van der Waals surface area contributed by atoms with Crippen molar-refractivity contribution in [1.82, 2.24) is 9.78 Å². The lowest BCUT2D eigenvalue weighted by atomic mass is 9.76. The van der Waals surface area contributed by atoms with Gasteiger partial charge in [-0.1, -0.05) is 17.2 Å². The fraction of sp³-hybridized carbons (Fsp3) is 0.400. The first-order chi connectivity index (χ1) is 14.4. The van der Waals surface area contributed by atoms with E-state index in [1.807, 2.05) is 26.1 Å². The Morgan fingerprint density at radius 3 is 2.60 bits per heavy atom.